The van der Waals surface area contributed by atoms with Crippen molar-refractivity contribution in [1.29, 1.82) is 0 Å². The summed E-state index contributed by atoms with van der Waals surface area (Å²) >= 11 is 0. The minimum Gasteiger partial charge on any atom is -0.356 e. The summed E-state index contributed by atoms with van der Waals surface area (Å²) in [5, 5.41) is 7.96. The maximum atomic E-state index is 4.53. The minimum atomic E-state index is 0.581. The van der Waals surface area contributed by atoms with Gasteiger partial charge in [-0.2, -0.15) is 5.10 Å². The molecule has 2 fully saturated rings. The average molecular weight is 332 g/mol. The molecule has 1 N–H and O–H groups in total. The second-order valence-electron chi connectivity index (χ2n) is 7.60. The number of aryl methyl sites for hydroxylation is 1. The number of nitrogens with zero attached hydrogens (tertiary/aromatic N) is 4. The van der Waals surface area contributed by atoms with Gasteiger partial charge in [0.1, 0.15) is 0 Å². The molecule has 1 atom stereocenters. The molecule has 3 rings (SSSR count). The van der Waals surface area contributed by atoms with E-state index >= 15 is 0 Å². The molecule has 1 saturated carbocycles. The number of rotatable bonds is 4. The molecule has 0 aromatic carbocycles. The normalized spacial score (nSPS) is 28.4. The maximum absolute atomic E-state index is 4.53. The summed E-state index contributed by atoms with van der Waals surface area (Å²) in [6.07, 6.45) is 12.3. The van der Waals surface area contributed by atoms with E-state index in [0.29, 0.717) is 5.92 Å². The van der Waals surface area contributed by atoms with E-state index < -0.39 is 0 Å². The molecule has 0 bridgehead atoms. The van der Waals surface area contributed by atoms with Crippen LogP contribution in [0, 0.1) is 11.8 Å². The highest BCUT2D eigenvalue weighted by Gasteiger charge is 2.27. The Kier molecular flexibility index (Phi) is 5.80. The number of hydrogen-bond donors (Lipinski definition) is 1. The first-order valence-electron chi connectivity index (χ1n) is 9.63. The van der Waals surface area contributed by atoms with Crippen LogP contribution in [0.4, 0.5) is 0 Å². The first kappa shape index (κ1) is 17.3. The molecule has 5 heteroatoms. The monoisotopic (exact) mass is 331 g/mol. The van der Waals surface area contributed by atoms with Crippen molar-refractivity contribution in [3.63, 3.8) is 0 Å². The molecule has 0 amide bonds. The molecule has 2 aliphatic rings. The molecule has 1 aliphatic carbocycles. The standard InChI is InChI=1S/C19H33N5/c1-4-15-5-7-16(8-6-15)11-21-19(20-2)24-10-9-17(14-24)18-12-22-23(3)13-18/h12-13,15-17H,4-11,14H2,1-3H3,(H,20,21). The number of likely N-dealkylation sites (tertiary alicyclic amines) is 1. The Morgan fingerprint density at radius 3 is 2.62 bits per heavy atom. The van der Waals surface area contributed by atoms with Gasteiger partial charge in [-0.15, -0.1) is 0 Å². The van der Waals surface area contributed by atoms with Crippen LogP contribution in [0.1, 0.15) is 56.9 Å². The van der Waals surface area contributed by atoms with Gasteiger partial charge in [0, 0.05) is 45.8 Å². The first-order valence-corrected chi connectivity index (χ1v) is 9.63. The molecular formula is C19H33N5. The van der Waals surface area contributed by atoms with Gasteiger partial charge in [0.15, 0.2) is 5.96 Å². The third-order valence-corrected chi connectivity index (χ3v) is 5.99. The van der Waals surface area contributed by atoms with E-state index in [1.165, 1.54) is 44.1 Å². The average Bonchev–Trinajstić information content (AvgIpc) is 3.25. The Morgan fingerprint density at radius 1 is 1.25 bits per heavy atom. The van der Waals surface area contributed by atoms with Gasteiger partial charge < -0.3 is 10.2 Å². The highest BCUT2D eigenvalue weighted by Crippen LogP contribution is 2.30. The Morgan fingerprint density at radius 2 is 2.00 bits per heavy atom. The number of hydrogen-bond acceptors (Lipinski definition) is 2. The zero-order chi connectivity index (χ0) is 16.9. The van der Waals surface area contributed by atoms with E-state index in [0.717, 1.165) is 37.4 Å². The predicted octanol–water partition coefficient (Wildman–Crippen LogP) is 3.00. The van der Waals surface area contributed by atoms with Crippen LogP contribution in [0.3, 0.4) is 0 Å². The molecule has 24 heavy (non-hydrogen) atoms. The minimum absolute atomic E-state index is 0.581. The Hall–Kier alpha value is -1.52. The van der Waals surface area contributed by atoms with E-state index in [4.69, 9.17) is 0 Å². The number of nitrogens with one attached hydrogen (secondary N) is 1. The van der Waals surface area contributed by atoms with Gasteiger partial charge >= 0.3 is 0 Å². The number of guanidine groups is 1. The summed E-state index contributed by atoms with van der Waals surface area (Å²) in [5.41, 5.74) is 1.35. The summed E-state index contributed by atoms with van der Waals surface area (Å²) in [7, 11) is 3.90. The summed E-state index contributed by atoms with van der Waals surface area (Å²) in [4.78, 5) is 6.94. The maximum Gasteiger partial charge on any atom is 0.193 e. The van der Waals surface area contributed by atoms with Crippen LogP contribution in [-0.4, -0.2) is 47.3 Å². The lowest BCUT2D eigenvalue weighted by Gasteiger charge is -2.29. The molecule has 1 saturated heterocycles. The SMILES string of the molecule is CCC1CCC(CNC(=NC)N2CCC(c3cnn(C)c3)C2)CC1. The molecule has 1 aromatic rings. The van der Waals surface area contributed by atoms with Crippen molar-refractivity contribution >= 4 is 5.96 Å². The Balaban J connectivity index is 1.47. The fourth-order valence-electron chi connectivity index (χ4n) is 4.29. The van der Waals surface area contributed by atoms with E-state index in [2.05, 4.69) is 33.4 Å². The molecule has 134 valence electrons. The van der Waals surface area contributed by atoms with E-state index in [9.17, 15) is 0 Å². The summed E-state index contributed by atoms with van der Waals surface area (Å²) in [6, 6.07) is 0. The number of aromatic nitrogens is 2. The Bertz CT molecular complexity index is 542. The third kappa shape index (κ3) is 4.11. The molecule has 0 spiro atoms. The lowest BCUT2D eigenvalue weighted by atomic mass is 9.81. The van der Waals surface area contributed by atoms with Crippen LogP contribution in [-0.2, 0) is 7.05 Å². The highest BCUT2D eigenvalue weighted by atomic mass is 15.3. The molecule has 2 heterocycles. The molecule has 1 aliphatic heterocycles. The van der Waals surface area contributed by atoms with Crippen molar-refractivity contribution in [1.82, 2.24) is 20.0 Å². The third-order valence-electron chi connectivity index (χ3n) is 5.99. The van der Waals surface area contributed by atoms with Crippen molar-refractivity contribution < 1.29 is 0 Å². The largest absolute Gasteiger partial charge is 0.356 e. The van der Waals surface area contributed by atoms with E-state index in [1.807, 2.05) is 25.0 Å². The second kappa shape index (κ2) is 8.04. The fourth-order valence-corrected chi connectivity index (χ4v) is 4.29. The van der Waals surface area contributed by atoms with Crippen LogP contribution in [0.25, 0.3) is 0 Å². The molecule has 0 radical (unpaired) electrons. The summed E-state index contributed by atoms with van der Waals surface area (Å²) in [5.74, 6) is 3.46. The van der Waals surface area contributed by atoms with Gasteiger partial charge in [0.05, 0.1) is 6.20 Å². The van der Waals surface area contributed by atoms with Crippen molar-refractivity contribution in [3.05, 3.63) is 18.0 Å². The molecule has 1 aromatic heterocycles. The van der Waals surface area contributed by atoms with Crippen molar-refractivity contribution in [3.8, 4) is 0 Å². The zero-order valence-electron chi connectivity index (χ0n) is 15.5. The van der Waals surface area contributed by atoms with E-state index in [1.54, 1.807) is 0 Å². The lowest BCUT2D eigenvalue weighted by molar-refractivity contribution is 0.267. The lowest BCUT2D eigenvalue weighted by Crippen LogP contribution is -2.42. The summed E-state index contributed by atoms with van der Waals surface area (Å²) < 4.78 is 1.90. The van der Waals surface area contributed by atoms with E-state index in [-0.39, 0.29) is 0 Å². The van der Waals surface area contributed by atoms with Crippen LogP contribution in [0.5, 0.6) is 0 Å². The quantitative estimate of drug-likeness (QED) is 0.681. The summed E-state index contributed by atoms with van der Waals surface area (Å²) in [6.45, 7) is 5.55. The smallest absolute Gasteiger partial charge is 0.193 e. The molecular weight excluding hydrogens is 298 g/mol. The first-order chi connectivity index (χ1) is 11.7. The van der Waals surface area contributed by atoms with Gasteiger partial charge in [-0.25, -0.2) is 0 Å². The van der Waals surface area contributed by atoms with Crippen molar-refractivity contribution in [2.75, 3.05) is 26.7 Å². The number of aliphatic imine (C=N–C) groups is 1. The van der Waals surface area contributed by atoms with Gasteiger partial charge in [0.25, 0.3) is 0 Å². The van der Waals surface area contributed by atoms with Gasteiger partial charge in [-0.05, 0) is 36.7 Å². The zero-order valence-corrected chi connectivity index (χ0v) is 15.5. The van der Waals surface area contributed by atoms with Crippen LogP contribution in [0.2, 0.25) is 0 Å². The molecule has 5 nitrogen and oxygen atoms in total. The van der Waals surface area contributed by atoms with Crippen molar-refractivity contribution in [2.24, 2.45) is 23.9 Å². The Labute approximate surface area is 146 Å². The van der Waals surface area contributed by atoms with Crippen LogP contribution < -0.4 is 5.32 Å². The van der Waals surface area contributed by atoms with Crippen LogP contribution in [0.15, 0.2) is 17.4 Å². The van der Waals surface area contributed by atoms with Gasteiger partial charge in [0.2, 0.25) is 0 Å². The van der Waals surface area contributed by atoms with Crippen molar-refractivity contribution in [2.45, 2.75) is 51.4 Å². The fraction of sp³-hybridized carbons (Fsp3) is 0.789. The van der Waals surface area contributed by atoms with Gasteiger partial charge in [-0.1, -0.05) is 26.2 Å². The highest BCUT2D eigenvalue weighted by molar-refractivity contribution is 5.80. The molecule has 1 unspecified atom stereocenters. The predicted molar refractivity (Wildman–Crippen MR) is 99.2 cm³/mol. The van der Waals surface area contributed by atoms with Gasteiger partial charge in [-0.3, -0.25) is 9.67 Å². The topological polar surface area (TPSA) is 45.5 Å². The van der Waals surface area contributed by atoms with Crippen LogP contribution >= 0.6 is 0 Å². The second-order valence-corrected chi connectivity index (χ2v) is 7.60.